The van der Waals surface area contributed by atoms with Crippen LogP contribution in [0.3, 0.4) is 0 Å². The molecule has 1 aliphatic rings. The van der Waals surface area contributed by atoms with Gasteiger partial charge in [-0.15, -0.1) is 11.3 Å². The molecule has 264 valence electrons. The lowest BCUT2D eigenvalue weighted by Crippen LogP contribution is -2.58. The highest BCUT2D eigenvalue weighted by Crippen LogP contribution is 2.25. The van der Waals surface area contributed by atoms with Gasteiger partial charge in [-0.2, -0.15) is 0 Å². The normalized spacial score (nSPS) is 25.9. The highest BCUT2D eigenvalue weighted by atomic mass is 32.1. The lowest BCUT2D eigenvalue weighted by molar-refractivity contribution is -0.169. The molecule has 7 atom stereocenters. The number of nitrogens with one attached hydrogen (secondary N) is 2. The largest absolute Gasteiger partial charge is 0.508 e. The molecule has 48 heavy (non-hydrogen) atoms. The molecule has 1 aromatic carbocycles. The molecule has 0 aliphatic carbocycles. The Hall–Kier alpha value is -4.00. The summed E-state index contributed by atoms with van der Waals surface area (Å²) in [4.78, 5) is 76.8. The summed E-state index contributed by atoms with van der Waals surface area (Å²) >= 11 is 1.14. The van der Waals surface area contributed by atoms with Crippen molar-refractivity contribution in [2.45, 2.75) is 104 Å². The fourth-order valence-electron chi connectivity index (χ4n) is 5.87. The molecule has 12 nitrogen and oxygen atoms in total. The fourth-order valence-corrected chi connectivity index (χ4v) is 6.69. The Morgan fingerprint density at radius 3 is 2.19 bits per heavy atom. The Labute approximate surface area is 287 Å². The third-order valence-corrected chi connectivity index (χ3v) is 10.3. The first-order valence-corrected chi connectivity index (χ1v) is 17.5. The summed E-state index contributed by atoms with van der Waals surface area (Å²) in [5, 5.41) is 16.3. The van der Waals surface area contributed by atoms with Gasteiger partial charge in [0.25, 0.3) is 11.8 Å². The molecule has 0 saturated heterocycles. The maximum atomic E-state index is 14.4. The van der Waals surface area contributed by atoms with E-state index in [4.69, 9.17) is 4.74 Å². The van der Waals surface area contributed by atoms with Crippen LogP contribution in [0.15, 0.2) is 30.5 Å². The first-order valence-electron chi connectivity index (χ1n) is 16.7. The number of nitrogens with zero attached hydrogens (tertiary/aromatic N) is 3. The summed E-state index contributed by atoms with van der Waals surface area (Å²) in [6.45, 7) is 12.7. The van der Waals surface area contributed by atoms with Crippen molar-refractivity contribution in [2.75, 3.05) is 14.1 Å². The maximum absolute atomic E-state index is 14.4. The molecule has 4 amide bonds. The predicted molar refractivity (Wildman–Crippen MR) is 183 cm³/mol. The molecule has 13 heteroatoms. The van der Waals surface area contributed by atoms with Gasteiger partial charge in [0, 0.05) is 32.5 Å². The highest BCUT2D eigenvalue weighted by molar-refractivity contribution is 7.13. The van der Waals surface area contributed by atoms with Crippen molar-refractivity contribution in [3.63, 3.8) is 0 Å². The molecule has 0 fully saturated rings. The average Bonchev–Trinajstić information content (AvgIpc) is 3.55. The minimum atomic E-state index is -1.20. The van der Waals surface area contributed by atoms with Crippen molar-refractivity contribution in [1.29, 1.82) is 0 Å². The van der Waals surface area contributed by atoms with E-state index in [0.717, 1.165) is 11.3 Å². The van der Waals surface area contributed by atoms with E-state index >= 15 is 0 Å². The lowest BCUT2D eigenvalue weighted by atomic mass is 9.95. The van der Waals surface area contributed by atoms with E-state index in [0.29, 0.717) is 34.7 Å². The number of esters is 1. The summed E-state index contributed by atoms with van der Waals surface area (Å²) < 4.78 is 5.96. The lowest BCUT2D eigenvalue weighted by Gasteiger charge is -2.38. The standard InChI is InChI=1S/C35H51N5O7S/c1-10-12-25-21(6)35(46)47-29(20(5)11-2)34(45)39(8)26(17-23-13-15-24(41)16-14-23)33(44)40(9)28(19(3)4)31(43)37-22(7)32-36-18-27(48-32)30(42)38-25/h13-16,18-22,25-26,28-29,41H,10-12,17H2,1-9H3,(H,37,43)(H,38,42)/t20?,21-,22-,25+,26-,28-,29-/m0/s1. The number of hydrogen-bond donors (Lipinski definition) is 3. The second-order valence-corrected chi connectivity index (χ2v) is 14.2. The first-order chi connectivity index (χ1) is 22.6. The summed E-state index contributed by atoms with van der Waals surface area (Å²) in [6.07, 6.45) is 2.01. The fraction of sp³-hybridized carbons (Fsp3) is 0.600. The van der Waals surface area contributed by atoms with Gasteiger partial charge >= 0.3 is 5.97 Å². The molecule has 2 aromatic rings. The van der Waals surface area contributed by atoms with Crippen LogP contribution in [0.4, 0.5) is 0 Å². The van der Waals surface area contributed by atoms with Crippen molar-refractivity contribution < 1.29 is 33.8 Å². The number of fused-ring (bicyclic) bond motifs is 2. The van der Waals surface area contributed by atoms with Crippen LogP contribution >= 0.6 is 11.3 Å². The van der Waals surface area contributed by atoms with E-state index < -0.39 is 71.7 Å². The van der Waals surface area contributed by atoms with Crippen molar-refractivity contribution in [3.05, 3.63) is 45.9 Å². The molecule has 1 unspecified atom stereocenters. The number of benzene rings is 1. The predicted octanol–water partition coefficient (Wildman–Crippen LogP) is 4.08. The van der Waals surface area contributed by atoms with E-state index in [2.05, 4.69) is 15.6 Å². The number of ether oxygens (including phenoxy) is 1. The Morgan fingerprint density at radius 2 is 1.60 bits per heavy atom. The Kier molecular flexibility index (Phi) is 13.5. The number of aromatic nitrogens is 1. The SMILES string of the molecule is CCC[C@H]1NC(=O)c2cnc(s2)[C@H](C)NC(=O)[C@H](C(C)C)N(C)C(=O)[C@H](Cc2ccc(O)cc2)N(C)C(=O)[C@H](C(C)CC)OC(=O)[C@H]1C. The average molecular weight is 686 g/mol. The minimum absolute atomic E-state index is 0.0561. The summed E-state index contributed by atoms with van der Waals surface area (Å²) in [5.41, 5.74) is 0.681. The molecule has 3 rings (SSSR count). The number of thiazole rings is 1. The Morgan fingerprint density at radius 1 is 0.958 bits per heavy atom. The number of likely N-dealkylation sites (N-methyl/N-ethyl adjacent to an activating group) is 2. The van der Waals surface area contributed by atoms with Crippen molar-refractivity contribution in [1.82, 2.24) is 25.4 Å². The third-order valence-electron chi connectivity index (χ3n) is 9.15. The van der Waals surface area contributed by atoms with Gasteiger partial charge in [0.05, 0.1) is 18.2 Å². The van der Waals surface area contributed by atoms with Crippen LogP contribution in [-0.4, -0.2) is 87.8 Å². The number of hydrogen-bond acceptors (Lipinski definition) is 9. The zero-order chi connectivity index (χ0) is 35.9. The van der Waals surface area contributed by atoms with Crippen LogP contribution < -0.4 is 10.6 Å². The molecule has 1 aliphatic heterocycles. The van der Waals surface area contributed by atoms with E-state index in [9.17, 15) is 29.1 Å². The molecule has 3 N–H and O–H groups in total. The number of phenolic OH excluding ortho intramolecular Hbond substituents is 1. The number of amides is 4. The summed E-state index contributed by atoms with van der Waals surface area (Å²) in [7, 11) is 3.04. The zero-order valence-corrected chi connectivity index (χ0v) is 30.3. The number of cyclic esters (lactones) is 1. The van der Waals surface area contributed by atoms with Crippen molar-refractivity contribution in [2.24, 2.45) is 17.8 Å². The Balaban J connectivity index is 2.15. The molecule has 0 spiro atoms. The van der Waals surface area contributed by atoms with Crippen LogP contribution in [0.25, 0.3) is 0 Å². The van der Waals surface area contributed by atoms with E-state index in [1.807, 2.05) is 27.7 Å². The second kappa shape index (κ2) is 16.9. The van der Waals surface area contributed by atoms with Gasteiger partial charge in [-0.25, -0.2) is 4.98 Å². The number of carbonyl (C=O) groups excluding carboxylic acids is 5. The van der Waals surface area contributed by atoms with E-state index in [1.165, 1.54) is 42.2 Å². The van der Waals surface area contributed by atoms with Crippen molar-refractivity contribution >= 4 is 40.9 Å². The van der Waals surface area contributed by atoms with Crippen LogP contribution in [-0.2, 0) is 30.3 Å². The smallest absolute Gasteiger partial charge is 0.311 e. The van der Waals surface area contributed by atoms with Gasteiger partial charge in [-0.05, 0) is 50.3 Å². The van der Waals surface area contributed by atoms with E-state index in [-0.39, 0.29) is 18.1 Å². The number of carbonyl (C=O) groups is 5. The van der Waals surface area contributed by atoms with Gasteiger partial charge in [0.2, 0.25) is 11.8 Å². The van der Waals surface area contributed by atoms with Gasteiger partial charge < -0.3 is 30.3 Å². The molecule has 2 heterocycles. The molecule has 2 bridgehead atoms. The second-order valence-electron chi connectivity index (χ2n) is 13.2. The molecule has 0 saturated carbocycles. The molecule has 0 radical (unpaired) electrons. The third kappa shape index (κ3) is 9.12. The van der Waals surface area contributed by atoms with Gasteiger partial charge in [-0.3, -0.25) is 24.0 Å². The van der Waals surface area contributed by atoms with Crippen LogP contribution in [0.2, 0.25) is 0 Å². The topological polar surface area (TPSA) is 158 Å². The number of phenols is 1. The molecular formula is C35H51N5O7S. The maximum Gasteiger partial charge on any atom is 0.311 e. The molecule has 1 aromatic heterocycles. The van der Waals surface area contributed by atoms with Crippen LogP contribution in [0.1, 0.15) is 94.0 Å². The number of aromatic hydroxyl groups is 1. The monoisotopic (exact) mass is 685 g/mol. The van der Waals surface area contributed by atoms with Crippen molar-refractivity contribution in [3.8, 4) is 5.75 Å². The summed E-state index contributed by atoms with van der Waals surface area (Å²) in [5.74, 6) is -3.89. The minimum Gasteiger partial charge on any atom is -0.508 e. The van der Waals surface area contributed by atoms with Gasteiger partial charge in [0.1, 0.15) is 27.7 Å². The van der Waals surface area contributed by atoms with Gasteiger partial charge in [-0.1, -0.05) is 53.2 Å². The zero-order valence-electron chi connectivity index (χ0n) is 29.5. The number of rotatable bonds is 7. The summed E-state index contributed by atoms with van der Waals surface area (Å²) in [6, 6.07) is 3.22. The highest BCUT2D eigenvalue weighted by Gasteiger charge is 2.41. The van der Waals surface area contributed by atoms with Crippen LogP contribution in [0.5, 0.6) is 5.75 Å². The molecular weight excluding hydrogens is 634 g/mol. The quantitative estimate of drug-likeness (QED) is 0.368. The van der Waals surface area contributed by atoms with Gasteiger partial charge in [0.15, 0.2) is 6.10 Å². The van der Waals surface area contributed by atoms with E-state index in [1.54, 1.807) is 32.9 Å². The van der Waals surface area contributed by atoms with Crippen LogP contribution in [0, 0.1) is 17.8 Å². The Bertz CT molecular complexity index is 1440. The first kappa shape index (κ1) is 38.4.